The van der Waals surface area contributed by atoms with Crippen molar-refractivity contribution in [2.45, 2.75) is 40.2 Å². The molecular formula is C14H23NO2. The summed E-state index contributed by atoms with van der Waals surface area (Å²) in [5.74, 6) is 1.82. The molecule has 1 aromatic carbocycles. The summed E-state index contributed by atoms with van der Waals surface area (Å²) in [6.45, 7) is 9.32. The fourth-order valence-electron chi connectivity index (χ4n) is 1.89. The molecule has 0 spiro atoms. The first-order valence-electron chi connectivity index (χ1n) is 6.23. The van der Waals surface area contributed by atoms with E-state index in [1.54, 1.807) is 0 Å². The fraction of sp³-hybridized carbons (Fsp3) is 0.571. The van der Waals surface area contributed by atoms with Gasteiger partial charge in [0, 0.05) is 11.6 Å². The van der Waals surface area contributed by atoms with E-state index in [4.69, 9.17) is 15.2 Å². The Morgan fingerprint density at radius 3 is 2.35 bits per heavy atom. The summed E-state index contributed by atoms with van der Waals surface area (Å²) in [7, 11) is 0. The molecule has 3 nitrogen and oxygen atoms in total. The molecule has 1 unspecified atom stereocenters. The highest BCUT2D eigenvalue weighted by Gasteiger charge is 2.13. The third kappa shape index (κ3) is 3.63. The van der Waals surface area contributed by atoms with Crippen LogP contribution in [0, 0.1) is 6.92 Å². The van der Waals surface area contributed by atoms with Crippen LogP contribution in [0.2, 0.25) is 0 Å². The molecule has 0 aliphatic rings. The van der Waals surface area contributed by atoms with Crippen LogP contribution in [0.25, 0.3) is 0 Å². The SMILES string of the molecule is CCOc1ccc(CC(C)N)c(OCC)c1C. The van der Waals surface area contributed by atoms with E-state index in [0.29, 0.717) is 13.2 Å². The molecule has 0 bridgehead atoms. The van der Waals surface area contributed by atoms with Crippen LogP contribution in [-0.2, 0) is 6.42 Å². The Morgan fingerprint density at radius 2 is 1.82 bits per heavy atom. The molecule has 3 heteroatoms. The molecule has 1 aromatic rings. The second-order valence-electron chi connectivity index (χ2n) is 4.22. The van der Waals surface area contributed by atoms with Crippen LogP contribution >= 0.6 is 0 Å². The zero-order valence-corrected chi connectivity index (χ0v) is 11.2. The predicted molar refractivity (Wildman–Crippen MR) is 70.9 cm³/mol. The van der Waals surface area contributed by atoms with Gasteiger partial charge in [0.15, 0.2) is 0 Å². The average Bonchev–Trinajstić information content (AvgIpc) is 2.27. The van der Waals surface area contributed by atoms with E-state index < -0.39 is 0 Å². The molecule has 0 saturated heterocycles. The Morgan fingerprint density at radius 1 is 1.18 bits per heavy atom. The van der Waals surface area contributed by atoms with Crippen molar-refractivity contribution in [2.24, 2.45) is 5.73 Å². The molecule has 0 radical (unpaired) electrons. The highest BCUT2D eigenvalue weighted by atomic mass is 16.5. The second kappa shape index (κ2) is 6.50. The summed E-state index contributed by atoms with van der Waals surface area (Å²) in [5, 5.41) is 0. The fourth-order valence-corrected chi connectivity index (χ4v) is 1.89. The number of ether oxygens (including phenoxy) is 2. The highest BCUT2D eigenvalue weighted by molar-refractivity contribution is 5.49. The number of nitrogens with two attached hydrogens (primary N) is 1. The highest BCUT2D eigenvalue weighted by Crippen LogP contribution is 2.32. The summed E-state index contributed by atoms with van der Waals surface area (Å²) in [6.07, 6.45) is 0.822. The number of hydrogen-bond acceptors (Lipinski definition) is 3. The Bertz CT molecular complexity index is 361. The minimum Gasteiger partial charge on any atom is -0.493 e. The van der Waals surface area contributed by atoms with Crippen molar-refractivity contribution < 1.29 is 9.47 Å². The van der Waals surface area contributed by atoms with Gasteiger partial charge in [0.2, 0.25) is 0 Å². The van der Waals surface area contributed by atoms with Gasteiger partial charge in [0.25, 0.3) is 0 Å². The minimum absolute atomic E-state index is 0.131. The van der Waals surface area contributed by atoms with Crippen molar-refractivity contribution in [1.82, 2.24) is 0 Å². The molecule has 17 heavy (non-hydrogen) atoms. The molecule has 0 saturated carbocycles. The molecule has 0 amide bonds. The van der Waals surface area contributed by atoms with Gasteiger partial charge in [-0.2, -0.15) is 0 Å². The summed E-state index contributed by atoms with van der Waals surface area (Å²) < 4.78 is 11.3. The Kier molecular flexibility index (Phi) is 5.29. The van der Waals surface area contributed by atoms with Crippen molar-refractivity contribution in [3.8, 4) is 11.5 Å². The Labute approximate surface area is 104 Å². The van der Waals surface area contributed by atoms with Crippen LogP contribution in [0.5, 0.6) is 11.5 Å². The lowest BCUT2D eigenvalue weighted by atomic mass is 10.0. The molecule has 2 N–H and O–H groups in total. The van der Waals surface area contributed by atoms with E-state index in [-0.39, 0.29) is 6.04 Å². The van der Waals surface area contributed by atoms with Crippen LogP contribution in [0.1, 0.15) is 31.9 Å². The maximum Gasteiger partial charge on any atom is 0.129 e. The Hall–Kier alpha value is -1.22. The van der Waals surface area contributed by atoms with Crippen molar-refractivity contribution >= 4 is 0 Å². The Balaban J connectivity index is 3.09. The smallest absolute Gasteiger partial charge is 0.129 e. The van der Waals surface area contributed by atoms with Gasteiger partial charge in [-0.05, 0) is 45.7 Å². The van der Waals surface area contributed by atoms with Gasteiger partial charge < -0.3 is 15.2 Å². The van der Waals surface area contributed by atoms with E-state index in [2.05, 4.69) is 0 Å². The summed E-state index contributed by atoms with van der Waals surface area (Å²) in [6, 6.07) is 4.18. The third-order valence-corrected chi connectivity index (χ3v) is 2.57. The minimum atomic E-state index is 0.131. The molecule has 1 rings (SSSR count). The van der Waals surface area contributed by atoms with Crippen LogP contribution in [0.3, 0.4) is 0 Å². The molecule has 96 valence electrons. The van der Waals surface area contributed by atoms with Gasteiger partial charge in [-0.15, -0.1) is 0 Å². The molecule has 0 aliphatic heterocycles. The summed E-state index contributed by atoms with van der Waals surface area (Å²) >= 11 is 0. The van der Waals surface area contributed by atoms with Gasteiger partial charge in [-0.25, -0.2) is 0 Å². The quantitative estimate of drug-likeness (QED) is 0.827. The van der Waals surface area contributed by atoms with Crippen LogP contribution in [0.4, 0.5) is 0 Å². The van der Waals surface area contributed by atoms with E-state index in [1.165, 1.54) is 0 Å². The van der Waals surface area contributed by atoms with Crippen molar-refractivity contribution in [2.75, 3.05) is 13.2 Å². The molecule has 0 heterocycles. The van der Waals surface area contributed by atoms with Gasteiger partial charge in [0.1, 0.15) is 11.5 Å². The number of hydrogen-bond donors (Lipinski definition) is 1. The average molecular weight is 237 g/mol. The monoisotopic (exact) mass is 237 g/mol. The van der Waals surface area contributed by atoms with Gasteiger partial charge >= 0.3 is 0 Å². The number of benzene rings is 1. The first-order chi connectivity index (χ1) is 8.10. The maximum absolute atomic E-state index is 5.85. The van der Waals surface area contributed by atoms with E-state index in [1.807, 2.05) is 39.8 Å². The summed E-state index contributed by atoms with van der Waals surface area (Å²) in [4.78, 5) is 0. The van der Waals surface area contributed by atoms with Crippen molar-refractivity contribution in [1.29, 1.82) is 0 Å². The topological polar surface area (TPSA) is 44.5 Å². The van der Waals surface area contributed by atoms with Crippen LogP contribution in [0.15, 0.2) is 12.1 Å². The second-order valence-corrected chi connectivity index (χ2v) is 4.22. The number of rotatable bonds is 6. The molecule has 0 fully saturated rings. The van der Waals surface area contributed by atoms with Gasteiger partial charge in [-0.3, -0.25) is 0 Å². The first kappa shape index (κ1) is 13.8. The molecule has 0 aliphatic carbocycles. The van der Waals surface area contributed by atoms with E-state index in [9.17, 15) is 0 Å². The molecule has 0 aromatic heterocycles. The van der Waals surface area contributed by atoms with Crippen molar-refractivity contribution in [3.05, 3.63) is 23.3 Å². The lowest BCUT2D eigenvalue weighted by Gasteiger charge is -2.17. The van der Waals surface area contributed by atoms with Crippen LogP contribution in [-0.4, -0.2) is 19.3 Å². The van der Waals surface area contributed by atoms with E-state index in [0.717, 1.165) is 29.0 Å². The predicted octanol–water partition coefficient (Wildman–Crippen LogP) is 2.68. The summed E-state index contributed by atoms with van der Waals surface area (Å²) in [5.41, 5.74) is 8.07. The van der Waals surface area contributed by atoms with Crippen LogP contribution < -0.4 is 15.2 Å². The third-order valence-electron chi connectivity index (χ3n) is 2.57. The van der Waals surface area contributed by atoms with Gasteiger partial charge in [0.05, 0.1) is 13.2 Å². The van der Waals surface area contributed by atoms with Crippen molar-refractivity contribution in [3.63, 3.8) is 0 Å². The zero-order chi connectivity index (χ0) is 12.8. The first-order valence-corrected chi connectivity index (χ1v) is 6.23. The standard InChI is InChI=1S/C14H23NO2/c1-5-16-13-8-7-12(9-10(3)15)14(11(13)4)17-6-2/h7-8,10H,5-6,9,15H2,1-4H3. The lowest BCUT2D eigenvalue weighted by molar-refractivity contribution is 0.316. The molecular weight excluding hydrogens is 214 g/mol. The molecule has 1 atom stereocenters. The normalized spacial score (nSPS) is 12.3. The zero-order valence-electron chi connectivity index (χ0n) is 11.2. The van der Waals surface area contributed by atoms with Gasteiger partial charge in [-0.1, -0.05) is 6.07 Å². The maximum atomic E-state index is 5.85. The lowest BCUT2D eigenvalue weighted by Crippen LogP contribution is -2.18. The van der Waals surface area contributed by atoms with E-state index >= 15 is 0 Å². The largest absolute Gasteiger partial charge is 0.493 e.